The molecule has 0 atom stereocenters. The molecule has 8 nitrogen and oxygen atoms in total. The third kappa shape index (κ3) is 3.59. The van der Waals surface area contributed by atoms with E-state index in [0.717, 1.165) is 22.4 Å². The van der Waals surface area contributed by atoms with Crippen LogP contribution in [-0.2, 0) is 6.42 Å². The molecule has 134 valence electrons. The molecule has 0 unspecified atom stereocenters. The SMILES string of the molecule is O=C(NCCc1nc2ccccc2[nH]1)c1cc(-c2ccncc2)n[nH]c1=O. The van der Waals surface area contributed by atoms with Gasteiger partial charge in [-0.25, -0.2) is 10.1 Å². The van der Waals surface area contributed by atoms with Crippen LogP contribution in [0.3, 0.4) is 0 Å². The monoisotopic (exact) mass is 360 g/mol. The van der Waals surface area contributed by atoms with Crippen LogP contribution >= 0.6 is 0 Å². The predicted molar refractivity (Wildman–Crippen MR) is 100 cm³/mol. The van der Waals surface area contributed by atoms with Crippen molar-refractivity contribution in [3.8, 4) is 11.3 Å². The number of nitrogens with one attached hydrogen (secondary N) is 3. The van der Waals surface area contributed by atoms with Gasteiger partial charge in [0, 0.05) is 30.9 Å². The highest BCUT2D eigenvalue weighted by Crippen LogP contribution is 2.14. The minimum absolute atomic E-state index is 0.0152. The van der Waals surface area contributed by atoms with Crippen molar-refractivity contribution in [3.05, 3.63) is 76.6 Å². The Hall–Kier alpha value is -3.81. The molecule has 0 spiro atoms. The van der Waals surface area contributed by atoms with Crippen LogP contribution < -0.4 is 10.9 Å². The Labute approximate surface area is 153 Å². The first-order valence-corrected chi connectivity index (χ1v) is 8.42. The third-order valence-electron chi connectivity index (χ3n) is 4.11. The fourth-order valence-corrected chi connectivity index (χ4v) is 2.76. The average Bonchev–Trinajstić information content (AvgIpc) is 3.11. The molecule has 0 bridgehead atoms. The van der Waals surface area contributed by atoms with Gasteiger partial charge in [-0.05, 0) is 30.3 Å². The number of amides is 1. The summed E-state index contributed by atoms with van der Waals surface area (Å²) < 4.78 is 0. The maximum Gasteiger partial charge on any atom is 0.277 e. The number of carbonyl (C=O) groups is 1. The summed E-state index contributed by atoms with van der Waals surface area (Å²) in [4.78, 5) is 36.0. The van der Waals surface area contributed by atoms with E-state index in [1.165, 1.54) is 6.07 Å². The molecule has 1 aromatic carbocycles. The van der Waals surface area contributed by atoms with Crippen molar-refractivity contribution < 1.29 is 4.79 Å². The number of hydrogen-bond donors (Lipinski definition) is 3. The predicted octanol–water partition coefficient (Wildman–Crippen LogP) is 1.68. The van der Waals surface area contributed by atoms with E-state index in [9.17, 15) is 9.59 Å². The Morgan fingerprint density at radius 3 is 2.74 bits per heavy atom. The van der Waals surface area contributed by atoms with E-state index in [2.05, 4.69) is 30.5 Å². The number of rotatable bonds is 5. The maximum atomic E-state index is 12.4. The molecule has 4 aromatic rings. The van der Waals surface area contributed by atoms with Crippen LogP contribution in [0.4, 0.5) is 0 Å². The van der Waals surface area contributed by atoms with Gasteiger partial charge in [-0.15, -0.1) is 0 Å². The minimum atomic E-state index is -0.533. The second-order valence-electron chi connectivity index (χ2n) is 5.94. The van der Waals surface area contributed by atoms with Crippen LogP contribution in [0.15, 0.2) is 59.7 Å². The van der Waals surface area contributed by atoms with Gasteiger partial charge in [-0.1, -0.05) is 12.1 Å². The molecule has 27 heavy (non-hydrogen) atoms. The van der Waals surface area contributed by atoms with Crippen LogP contribution in [0.5, 0.6) is 0 Å². The zero-order valence-corrected chi connectivity index (χ0v) is 14.3. The maximum absolute atomic E-state index is 12.4. The number of aromatic nitrogens is 5. The number of para-hydroxylation sites is 2. The van der Waals surface area contributed by atoms with E-state index in [1.54, 1.807) is 24.5 Å². The minimum Gasteiger partial charge on any atom is -0.351 e. The molecule has 0 fully saturated rings. The number of pyridine rings is 1. The molecular formula is C19H16N6O2. The number of benzene rings is 1. The molecule has 0 saturated heterocycles. The summed E-state index contributed by atoms with van der Waals surface area (Å²) in [6.45, 7) is 0.352. The summed E-state index contributed by atoms with van der Waals surface area (Å²) in [6.07, 6.45) is 3.77. The summed E-state index contributed by atoms with van der Waals surface area (Å²) in [5, 5.41) is 9.10. The van der Waals surface area contributed by atoms with Crippen molar-refractivity contribution >= 4 is 16.9 Å². The van der Waals surface area contributed by atoms with Crippen molar-refractivity contribution in [2.45, 2.75) is 6.42 Å². The summed E-state index contributed by atoms with van der Waals surface area (Å²) in [7, 11) is 0. The molecule has 3 heterocycles. The third-order valence-corrected chi connectivity index (χ3v) is 4.11. The topological polar surface area (TPSA) is 116 Å². The van der Waals surface area contributed by atoms with Gasteiger partial charge in [0.2, 0.25) is 0 Å². The van der Waals surface area contributed by atoms with Gasteiger partial charge in [-0.3, -0.25) is 14.6 Å². The highest BCUT2D eigenvalue weighted by Gasteiger charge is 2.13. The van der Waals surface area contributed by atoms with Crippen molar-refractivity contribution in [1.82, 2.24) is 30.5 Å². The summed E-state index contributed by atoms with van der Waals surface area (Å²) >= 11 is 0. The highest BCUT2D eigenvalue weighted by atomic mass is 16.2. The molecule has 0 radical (unpaired) electrons. The van der Waals surface area contributed by atoms with E-state index >= 15 is 0 Å². The summed E-state index contributed by atoms with van der Waals surface area (Å²) in [6, 6.07) is 12.7. The van der Waals surface area contributed by atoms with Gasteiger partial charge >= 0.3 is 0 Å². The van der Waals surface area contributed by atoms with E-state index < -0.39 is 11.5 Å². The number of carbonyl (C=O) groups excluding carboxylic acids is 1. The second-order valence-corrected chi connectivity index (χ2v) is 5.94. The molecule has 0 aliphatic carbocycles. The molecule has 0 aliphatic heterocycles. The molecule has 3 N–H and O–H groups in total. The number of hydrogen-bond acceptors (Lipinski definition) is 5. The van der Waals surface area contributed by atoms with Crippen LogP contribution in [0.2, 0.25) is 0 Å². The molecule has 1 amide bonds. The van der Waals surface area contributed by atoms with Gasteiger partial charge in [0.1, 0.15) is 11.4 Å². The molecule has 3 aromatic heterocycles. The Balaban J connectivity index is 1.45. The van der Waals surface area contributed by atoms with Crippen LogP contribution in [0.25, 0.3) is 22.3 Å². The number of imidazole rings is 1. The Morgan fingerprint density at radius 2 is 1.93 bits per heavy atom. The van der Waals surface area contributed by atoms with Gasteiger partial charge in [-0.2, -0.15) is 5.10 Å². The van der Waals surface area contributed by atoms with Crippen LogP contribution in [0, 0.1) is 0 Å². The van der Waals surface area contributed by atoms with Crippen LogP contribution in [0.1, 0.15) is 16.2 Å². The number of aromatic amines is 2. The largest absolute Gasteiger partial charge is 0.351 e. The lowest BCUT2D eigenvalue weighted by atomic mass is 10.1. The zero-order valence-electron chi connectivity index (χ0n) is 14.3. The van der Waals surface area contributed by atoms with E-state index in [4.69, 9.17) is 0 Å². The van der Waals surface area contributed by atoms with E-state index in [0.29, 0.717) is 18.7 Å². The Kier molecular flexibility index (Phi) is 4.44. The normalized spacial score (nSPS) is 10.8. The number of fused-ring (bicyclic) bond motifs is 1. The average molecular weight is 360 g/mol. The van der Waals surface area contributed by atoms with Gasteiger partial charge < -0.3 is 10.3 Å². The standard InChI is InChI=1S/C19H16N6O2/c26-18(21-10-7-17-22-14-3-1-2-4-15(14)23-17)13-11-16(24-25-19(13)27)12-5-8-20-9-6-12/h1-6,8-9,11H,7,10H2,(H,21,26)(H,22,23)(H,25,27). The molecule has 0 saturated carbocycles. The zero-order chi connectivity index (χ0) is 18.6. The Morgan fingerprint density at radius 1 is 1.11 bits per heavy atom. The number of H-pyrrole nitrogens is 2. The van der Waals surface area contributed by atoms with Crippen LogP contribution in [-0.4, -0.2) is 37.6 Å². The molecule has 0 aliphatic rings. The highest BCUT2D eigenvalue weighted by molar-refractivity contribution is 5.94. The van der Waals surface area contributed by atoms with Gasteiger partial charge in [0.05, 0.1) is 16.7 Å². The van der Waals surface area contributed by atoms with E-state index in [1.807, 2.05) is 24.3 Å². The van der Waals surface area contributed by atoms with Crippen molar-refractivity contribution in [2.24, 2.45) is 0 Å². The fourth-order valence-electron chi connectivity index (χ4n) is 2.76. The first kappa shape index (κ1) is 16.6. The van der Waals surface area contributed by atoms with Gasteiger partial charge in [0.15, 0.2) is 0 Å². The molecule has 8 heteroatoms. The second kappa shape index (κ2) is 7.20. The smallest absolute Gasteiger partial charge is 0.277 e. The number of nitrogens with zero attached hydrogens (tertiary/aromatic N) is 3. The van der Waals surface area contributed by atoms with Gasteiger partial charge in [0.25, 0.3) is 11.5 Å². The lowest BCUT2D eigenvalue weighted by Crippen LogP contribution is -2.31. The summed E-state index contributed by atoms with van der Waals surface area (Å²) in [5.74, 6) is 0.322. The van der Waals surface area contributed by atoms with Crippen molar-refractivity contribution in [3.63, 3.8) is 0 Å². The van der Waals surface area contributed by atoms with E-state index in [-0.39, 0.29) is 5.56 Å². The van der Waals surface area contributed by atoms with Crippen molar-refractivity contribution in [1.29, 1.82) is 0 Å². The molecular weight excluding hydrogens is 344 g/mol. The first-order valence-electron chi connectivity index (χ1n) is 8.42. The lowest BCUT2D eigenvalue weighted by molar-refractivity contribution is 0.0952. The van der Waals surface area contributed by atoms with Crippen molar-refractivity contribution in [2.75, 3.05) is 6.54 Å². The summed E-state index contributed by atoms with van der Waals surface area (Å²) in [5.41, 5.74) is 2.57. The fraction of sp³-hybridized carbons (Fsp3) is 0.105. The molecule has 4 rings (SSSR count). The lowest BCUT2D eigenvalue weighted by Gasteiger charge is -2.05. The quantitative estimate of drug-likeness (QED) is 0.501. The first-order chi connectivity index (χ1) is 13.2. The Bertz CT molecular complexity index is 1120.